The topological polar surface area (TPSA) is 54.5 Å². The molecule has 4 nitrogen and oxygen atoms in total. The molecule has 0 aromatic heterocycles. The van der Waals surface area contributed by atoms with Gasteiger partial charge in [0.1, 0.15) is 5.78 Å². The second kappa shape index (κ2) is 4.17. The number of ketones is 1. The van der Waals surface area contributed by atoms with Gasteiger partial charge in [0.2, 0.25) is 0 Å². The number of carbonyl (C=O) groups excluding carboxylic acids is 3. The summed E-state index contributed by atoms with van der Waals surface area (Å²) in [6, 6.07) is 0. The van der Waals surface area contributed by atoms with E-state index in [4.69, 9.17) is 0 Å². The van der Waals surface area contributed by atoms with Crippen LogP contribution in [0.3, 0.4) is 0 Å². The van der Waals surface area contributed by atoms with E-state index in [1.54, 1.807) is 13.8 Å². The van der Waals surface area contributed by atoms with Crippen molar-refractivity contribution in [2.45, 2.75) is 20.3 Å². The minimum atomic E-state index is -0.327. The summed E-state index contributed by atoms with van der Waals surface area (Å²) in [7, 11) is 0. The molecule has 1 aliphatic heterocycles. The van der Waals surface area contributed by atoms with Crippen molar-refractivity contribution in [1.29, 1.82) is 0 Å². The quantitative estimate of drug-likeness (QED) is 0.615. The maximum Gasteiger partial charge on any atom is 0.253 e. The zero-order valence-electron chi connectivity index (χ0n) is 8.32. The van der Waals surface area contributed by atoms with Crippen LogP contribution in [-0.4, -0.2) is 29.0 Å². The maximum atomic E-state index is 11.2. The van der Waals surface area contributed by atoms with Crippen molar-refractivity contribution in [2.75, 3.05) is 6.54 Å². The molecule has 0 fully saturated rings. The summed E-state index contributed by atoms with van der Waals surface area (Å²) in [6.07, 6.45) is 2.70. The molecule has 76 valence electrons. The molecule has 0 saturated heterocycles. The smallest absolute Gasteiger partial charge is 0.253 e. The largest absolute Gasteiger partial charge is 0.299 e. The van der Waals surface area contributed by atoms with Gasteiger partial charge in [0.15, 0.2) is 0 Å². The van der Waals surface area contributed by atoms with E-state index in [-0.39, 0.29) is 36.5 Å². The molecule has 0 aliphatic carbocycles. The maximum absolute atomic E-state index is 11.2. The third-order valence-electron chi connectivity index (χ3n) is 2.13. The molecule has 0 aromatic carbocycles. The third-order valence-corrected chi connectivity index (χ3v) is 2.13. The normalized spacial score (nSPS) is 15.8. The predicted molar refractivity (Wildman–Crippen MR) is 50.3 cm³/mol. The van der Waals surface area contributed by atoms with Crippen LogP contribution in [0.4, 0.5) is 0 Å². The Labute approximate surface area is 82.6 Å². The number of rotatable bonds is 4. The fourth-order valence-corrected chi connectivity index (χ4v) is 1.16. The van der Waals surface area contributed by atoms with E-state index in [2.05, 4.69) is 0 Å². The molecule has 0 bridgehead atoms. The SMILES string of the molecule is CC(C)C(=O)CCN1C(=O)C=CC1=O. The third kappa shape index (κ3) is 2.28. The number of hydrogen-bond donors (Lipinski definition) is 0. The highest BCUT2D eigenvalue weighted by Crippen LogP contribution is 2.06. The lowest BCUT2D eigenvalue weighted by Crippen LogP contribution is -2.32. The second-order valence-corrected chi connectivity index (χ2v) is 3.53. The number of Topliss-reactive ketones (excluding diaryl/α,β-unsaturated/α-hetero) is 1. The number of hydrogen-bond acceptors (Lipinski definition) is 3. The molecule has 0 N–H and O–H groups in total. The summed E-state index contributed by atoms with van der Waals surface area (Å²) in [5.74, 6) is -0.633. The Morgan fingerprint density at radius 3 is 2.21 bits per heavy atom. The monoisotopic (exact) mass is 195 g/mol. The molecule has 0 radical (unpaired) electrons. The molecule has 14 heavy (non-hydrogen) atoms. The van der Waals surface area contributed by atoms with Crippen molar-refractivity contribution in [1.82, 2.24) is 4.90 Å². The molecule has 0 aromatic rings. The van der Waals surface area contributed by atoms with Gasteiger partial charge >= 0.3 is 0 Å². The average Bonchev–Trinajstić information content (AvgIpc) is 2.43. The Morgan fingerprint density at radius 1 is 1.29 bits per heavy atom. The van der Waals surface area contributed by atoms with Crippen molar-refractivity contribution in [2.24, 2.45) is 5.92 Å². The minimum Gasteiger partial charge on any atom is -0.299 e. The van der Waals surface area contributed by atoms with Gasteiger partial charge in [0.05, 0.1) is 0 Å². The van der Waals surface area contributed by atoms with E-state index >= 15 is 0 Å². The molecule has 1 rings (SSSR count). The zero-order valence-corrected chi connectivity index (χ0v) is 8.32. The van der Waals surface area contributed by atoms with E-state index in [0.717, 1.165) is 4.90 Å². The van der Waals surface area contributed by atoms with Crippen LogP contribution < -0.4 is 0 Å². The Balaban J connectivity index is 2.43. The molecule has 4 heteroatoms. The van der Waals surface area contributed by atoms with Crippen LogP contribution in [0.15, 0.2) is 12.2 Å². The van der Waals surface area contributed by atoms with Crippen molar-refractivity contribution in [3.8, 4) is 0 Å². The van der Waals surface area contributed by atoms with E-state index in [1.165, 1.54) is 12.2 Å². The van der Waals surface area contributed by atoms with Gasteiger partial charge in [-0.2, -0.15) is 0 Å². The molecule has 0 atom stereocenters. The lowest BCUT2D eigenvalue weighted by molar-refractivity contribution is -0.137. The highest BCUT2D eigenvalue weighted by atomic mass is 16.2. The number of nitrogens with zero attached hydrogens (tertiary/aromatic N) is 1. The van der Waals surface area contributed by atoms with E-state index in [0.29, 0.717) is 0 Å². The van der Waals surface area contributed by atoms with Crippen molar-refractivity contribution in [3.63, 3.8) is 0 Å². The first-order valence-corrected chi connectivity index (χ1v) is 4.58. The van der Waals surface area contributed by atoms with E-state index in [9.17, 15) is 14.4 Å². The van der Waals surface area contributed by atoms with Gasteiger partial charge in [0.25, 0.3) is 11.8 Å². The van der Waals surface area contributed by atoms with Gasteiger partial charge in [-0.05, 0) is 0 Å². The van der Waals surface area contributed by atoms with Gasteiger partial charge < -0.3 is 0 Å². The zero-order chi connectivity index (χ0) is 10.7. The molecular weight excluding hydrogens is 182 g/mol. The predicted octanol–water partition coefficient (Wildman–Crippen LogP) is 0.527. The van der Waals surface area contributed by atoms with Gasteiger partial charge in [-0.3, -0.25) is 19.3 Å². The molecule has 0 unspecified atom stereocenters. The fourth-order valence-electron chi connectivity index (χ4n) is 1.16. The van der Waals surface area contributed by atoms with Crippen LogP contribution in [-0.2, 0) is 14.4 Å². The van der Waals surface area contributed by atoms with Crippen LogP contribution in [0.2, 0.25) is 0 Å². The highest BCUT2D eigenvalue weighted by molar-refractivity contribution is 6.13. The van der Waals surface area contributed by atoms with Crippen LogP contribution in [0.1, 0.15) is 20.3 Å². The van der Waals surface area contributed by atoms with Gasteiger partial charge in [-0.1, -0.05) is 13.8 Å². The summed E-state index contributed by atoms with van der Waals surface area (Å²) < 4.78 is 0. The first-order valence-electron chi connectivity index (χ1n) is 4.58. The summed E-state index contributed by atoms with van der Waals surface area (Å²) in [6.45, 7) is 3.80. The van der Waals surface area contributed by atoms with Crippen LogP contribution >= 0.6 is 0 Å². The van der Waals surface area contributed by atoms with Crippen molar-refractivity contribution < 1.29 is 14.4 Å². The number of amides is 2. The van der Waals surface area contributed by atoms with Crippen LogP contribution in [0, 0.1) is 5.92 Å². The summed E-state index contributed by atoms with van der Waals surface area (Å²) in [5.41, 5.74) is 0. The fraction of sp³-hybridized carbons (Fsp3) is 0.500. The average molecular weight is 195 g/mol. The standard InChI is InChI=1S/C10H13NO3/c1-7(2)8(12)5-6-11-9(13)3-4-10(11)14/h3-4,7H,5-6H2,1-2H3. The molecule has 2 amide bonds. The molecule has 0 spiro atoms. The second-order valence-electron chi connectivity index (χ2n) is 3.53. The van der Waals surface area contributed by atoms with Gasteiger partial charge in [0, 0.05) is 31.0 Å². The summed E-state index contributed by atoms with van der Waals surface area (Å²) >= 11 is 0. The van der Waals surface area contributed by atoms with E-state index in [1.807, 2.05) is 0 Å². The highest BCUT2D eigenvalue weighted by Gasteiger charge is 2.23. The first kappa shape index (κ1) is 10.6. The van der Waals surface area contributed by atoms with Gasteiger partial charge in [-0.15, -0.1) is 0 Å². The van der Waals surface area contributed by atoms with Gasteiger partial charge in [-0.25, -0.2) is 0 Å². The Morgan fingerprint density at radius 2 is 1.79 bits per heavy atom. The molecule has 1 aliphatic rings. The summed E-state index contributed by atoms with van der Waals surface area (Å²) in [5, 5.41) is 0. The molecule has 0 saturated carbocycles. The van der Waals surface area contributed by atoms with Crippen LogP contribution in [0.5, 0.6) is 0 Å². The lowest BCUT2D eigenvalue weighted by Gasteiger charge is -2.13. The summed E-state index contributed by atoms with van der Waals surface area (Å²) in [4.78, 5) is 34.5. The number of carbonyl (C=O) groups is 3. The minimum absolute atomic E-state index is 0.0456. The molecule has 1 heterocycles. The number of imide groups is 1. The van der Waals surface area contributed by atoms with Crippen LogP contribution in [0.25, 0.3) is 0 Å². The Bertz CT molecular complexity index is 286. The Hall–Kier alpha value is -1.45. The Kier molecular flexibility index (Phi) is 3.17. The lowest BCUT2D eigenvalue weighted by atomic mass is 10.1. The first-order chi connectivity index (χ1) is 6.52. The van der Waals surface area contributed by atoms with E-state index < -0.39 is 0 Å². The van der Waals surface area contributed by atoms with Crippen molar-refractivity contribution >= 4 is 17.6 Å². The molecular formula is C10H13NO3. The van der Waals surface area contributed by atoms with Crippen molar-refractivity contribution in [3.05, 3.63) is 12.2 Å².